The van der Waals surface area contributed by atoms with E-state index in [2.05, 4.69) is 28.5 Å². The molecule has 0 saturated heterocycles. The van der Waals surface area contributed by atoms with Gasteiger partial charge in [0.25, 0.3) is 0 Å². The lowest BCUT2D eigenvalue weighted by molar-refractivity contribution is 0.625. The maximum atomic E-state index is 6.21. The molecule has 0 fully saturated rings. The molecule has 0 bridgehead atoms. The summed E-state index contributed by atoms with van der Waals surface area (Å²) in [5.74, 6) is 0.950. The summed E-state index contributed by atoms with van der Waals surface area (Å²) >= 11 is 6.21. The second-order valence-corrected chi connectivity index (χ2v) is 4.99. The number of imidazole rings is 1. The second kappa shape index (κ2) is 4.69. The molecule has 0 spiro atoms. The fourth-order valence-electron chi connectivity index (χ4n) is 2.24. The van der Waals surface area contributed by atoms with Crippen molar-refractivity contribution in [2.45, 2.75) is 45.5 Å². The molecule has 0 saturated carbocycles. The number of nitrogens with zero attached hydrogens (tertiary/aromatic N) is 4. The number of aryl methyl sites for hydroxylation is 3. The summed E-state index contributed by atoms with van der Waals surface area (Å²) < 4.78 is 4.11. The van der Waals surface area contributed by atoms with Crippen molar-refractivity contribution in [3.05, 3.63) is 11.5 Å². The molecule has 0 aliphatic carbocycles. The lowest BCUT2D eigenvalue weighted by Gasteiger charge is -2.09. The van der Waals surface area contributed by atoms with Gasteiger partial charge in [-0.1, -0.05) is 13.8 Å². The van der Waals surface area contributed by atoms with Gasteiger partial charge in [0.2, 0.25) is 0 Å². The first-order chi connectivity index (χ1) is 8.10. The average molecular weight is 255 g/mol. The topological polar surface area (TPSA) is 35.6 Å². The minimum Gasteiger partial charge on any atom is -0.312 e. The molecule has 4 nitrogen and oxygen atoms in total. The molecule has 0 radical (unpaired) electrons. The number of alkyl halides is 1. The third kappa shape index (κ3) is 1.95. The van der Waals surface area contributed by atoms with Crippen molar-refractivity contribution in [1.29, 1.82) is 0 Å². The van der Waals surface area contributed by atoms with E-state index in [4.69, 9.17) is 11.6 Å². The lowest BCUT2D eigenvalue weighted by Crippen LogP contribution is -2.07. The van der Waals surface area contributed by atoms with Crippen LogP contribution in [0, 0.1) is 0 Å². The first kappa shape index (κ1) is 12.4. The Morgan fingerprint density at radius 3 is 2.59 bits per heavy atom. The van der Waals surface area contributed by atoms with Gasteiger partial charge in [0, 0.05) is 13.6 Å². The fraction of sp³-hybridized carbons (Fsp3) is 0.667. The number of hydrogen-bond acceptors (Lipinski definition) is 2. The minimum atomic E-state index is -0.0707. The molecule has 0 aromatic carbocycles. The Morgan fingerprint density at radius 1 is 1.35 bits per heavy atom. The van der Waals surface area contributed by atoms with Crippen LogP contribution in [0.5, 0.6) is 0 Å². The van der Waals surface area contributed by atoms with E-state index >= 15 is 0 Å². The van der Waals surface area contributed by atoms with E-state index in [0.717, 1.165) is 42.1 Å². The number of halogens is 1. The van der Waals surface area contributed by atoms with Crippen molar-refractivity contribution in [3.63, 3.8) is 0 Å². The van der Waals surface area contributed by atoms with Crippen LogP contribution in [-0.2, 0) is 20.0 Å². The molecular weight excluding hydrogens is 236 g/mol. The van der Waals surface area contributed by atoms with Crippen molar-refractivity contribution in [2.75, 3.05) is 0 Å². The highest BCUT2D eigenvalue weighted by Crippen LogP contribution is 2.26. The highest BCUT2D eigenvalue weighted by Gasteiger charge is 2.20. The largest absolute Gasteiger partial charge is 0.312 e. The standard InChI is InChI=1S/C12H19ClN4/c1-5-7-17-11(8(3)13)14-10-9(6-2)15-16(4)12(10)17/h8H,5-7H2,1-4H3. The SMILES string of the molecule is CCCn1c(C(C)Cl)nc2c(CC)nn(C)c21. The third-order valence-electron chi connectivity index (χ3n) is 2.96. The zero-order chi connectivity index (χ0) is 12.6. The molecular formula is C12H19ClN4. The van der Waals surface area contributed by atoms with Gasteiger partial charge in [-0.05, 0) is 19.8 Å². The van der Waals surface area contributed by atoms with Gasteiger partial charge in [0.05, 0.1) is 11.1 Å². The summed E-state index contributed by atoms with van der Waals surface area (Å²) in [4.78, 5) is 4.67. The summed E-state index contributed by atoms with van der Waals surface area (Å²) in [6.07, 6.45) is 1.96. The van der Waals surface area contributed by atoms with Gasteiger partial charge in [-0.25, -0.2) is 4.98 Å². The summed E-state index contributed by atoms with van der Waals surface area (Å²) in [5, 5.41) is 4.43. The Morgan fingerprint density at radius 2 is 2.06 bits per heavy atom. The zero-order valence-electron chi connectivity index (χ0n) is 10.9. The first-order valence-corrected chi connectivity index (χ1v) is 6.59. The summed E-state index contributed by atoms with van der Waals surface area (Å²) in [6, 6.07) is 0. The Bertz CT molecular complexity index is 524. The second-order valence-electron chi connectivity index (χ2n) is 4.33. The van der Waals surface area contributed by atoms with Crippen LogP contribution < -0.4 is 0 Å². The fourth-order valence-corrected chi connectivity index (χ4v) is 2.41. The highest BCUT2D eigenvalue weighted by molar-refractivity contribution is 6.20. The van der Waals surface area contributed by atoms with E-state index in [-0.39, 0.29) is 5.38 Å². The van der Waals surface area contributed by atoms with Crippen molar-refractivity contribution in [2.24, 2.45) is 7.05 Å². The molecule has 2 aromatic heterocycles. The summed E-state index contributed by atoms with van der Waals surface area (Å²) in [5.41, 5.74) is 3.15. The van der Waals surface area contributed by atoms with Crippen molar-refractivity contribution >= 4 is 22.8 Å². The Hall–Kier alpha value is -1.03. The van der Waals surface area contributed by atoms with Crippen LogP contribution in [0.1, 0.15) is 44.1 Å². The highest BCUT2D eigenvalue weighted by atomic mass is 35.5. The van der Waals surface area contributed by atoms with Gasteiger partial charge < -0.3 is 4.57 Å². The number of fused-ring (bicyclic) bond motifs is 1. The van der Waals surface area contributed by atoms with E-state index in [9.17, 15) is 0 Å². The van der Waals surface area contributed by atoms with Crippen LogP contribution >= 0.6 is 11.6 Å². The molecule has 1 unspecified atom stereocenters. The van der Waals surface area contributed by atoms with Gasteiger partial charge >= 0.3 is 0 Å². The van der Waals surface area contributed by atoms with Gasteiger partial charge in [-0.3, -0.25) is 4.68 Å². The van der Waals surface area contributed by atoms with Gasteiger partial charge in [-0.2, -0.15) is 5.10 Å². The van der Waals surface area contributed by atoms with Crippen LogP contribution in [0.4, 0.5) is 0 Å². The van der Waals surface area contributed by atoms with Gasteiger partial charge in [-0.15, -0.1) is 11.6 Å². The molecule has 94 valence electrons. The van der Waals surface area contributed by atoms with E-state index in [0.29, 0.717) is 0 Å². The molecule has 0 N–H and O–H groups in total. The van der Waals surface area contributed by atoms with Crippen LogP contribution in [0.3, 0.4) is 0 Å². The molecule has 2 heterocycles. The van der Waals surface area contributed by atoms with Gasteiger partial charge in [0.1, 0.15) is 11.3 Å². The molecule has 17 heavy (non-hydrogen) atoms. The molecule has 0 aliphatic heterocycles. The first-order valence-electron chi connectivity index (χ1n) is 6.16. The molecule has 0 amide bonds. The maximum Gasteiger partial charge on any atom is 0.158 e. The summed E-state index contributed by atoms with van der Waals surface area (Å²) in [6.45, 7) is 7.16. The van der Waals surface area contributed by atoms with Crippen molar-refractivity contribution in [3.8, 4) is 0 Å². The molecule has 0 aliphatic rings. The monoisotopic (exact) mass is 254 g/mol. The van der Waals surface area contributed by atoms with Crippen LogP contribution in [-0.4, -0.2) is 19.3 Å². The maximum absolute atomic E-state index is 6.21. The number of hydrogen-bond donors (Lipinski definition) is 0. The van der Waals surface area contributed by atoms with E-state index in [1.54, 1.807) is 0 Å². The average Bonchev–Trinajstić information content (AvgIpc) is 2.79. The smallest absolute Gasteiger partial charge is 0.158 e. The van der Waals surface area contributed by atoms with Gasteiger partial charge in [0.15, 0.2) is 5.65 Å². The Balaban J connectivity index is 2.71. The Labute approximate surface area is 107 Å². The number of rotatable bonds is 4. The molecule has 5 heteroatoms. The minimum absolute atomic E-state index is 0.0707. The third-order valence-corrected chi connectivity index (χ3v) is 3.15. The molecule has 2 aromatic rings. The lowest BCUT2D eigenvalue weighted by atomic mass is 10.3. The zero-order valence-corrected chi connectivity index (χ0v) is 11.6. The molecule has 1 atom stereocenters. The van der Waals surface area contributed by atoms with E-state index in [1.165, 1.54) is 0 Å². The summed E-state index contributed by atoms with van der Waals surface area (Å²) in [7, 11) is 1.97. The predicted molar refractivity (Wildman–Crippen MR) is 70.4 cm³/mol. The predicted octanol–water partition coefficient (Wildman–Crippen LogP) is 3.04. The van der Waals surface area contributed by atoms with Crippen LogP contribution in [0.2, 0.25) is 0 Å². The normalized spacial score (nSPS) is 13.5. The number of aromatic nitrogens is 4. The van der Waals surface area contributed by atoms with Crippen LogP contribution in [0.25, 0.3) is 11.2 Å². The van der Waals surface area contributed by atoms with Crippen molar-refractivity contribution < 1.29 is 0 Å². The van der Waals surface area contributed by atoms with E-state index in [1.807, 2.05) is 18.7 Å². The quantitative estimate of drug-likeness (QED) is 0.787. The molecule has 2 rings (SSSR count). The Kier molecular flexibility index (Phi) is 3.43. The van der Waals surface area contributed by atoms with Crippen LogP contribution in [0.15, 0.2) is 0 Å². The van der Waals surface area contributed by atoms with E-state index < -0.39 is 0 Å². The van der Waals surface area contributed by atoms with Crippen molar-refractivity contribution in [1.82, 2.24) is 19.3 Å².